The Balaban J connectivity index is 2.33. The molecular weight excluding hydrogens is 461 g/mol. The topological polar surface area (TPSA) is 41.6 Å². The van der Waals surface area contributed by atoms with E-state index in [1.165, 1.54) is 61.2 Å². The second kappa shape index (κ2) is 9.98. The van der Waals surface area contributed by atoms with E-state index < -0.39 is 18.4 Å². The summed E-state index contributed by atoms with van der Waals surface area (Å²) in [7, 11) is 0. The third-order valence-corrected chi connectivity index (χ3v) is 21.8. The van der Waals surface area contributed by atoms with Crippen LogP contribution in [-0.4, -0.2) is 27.9 Å². The third-order valence-electron chi connectivity index (χ3n) is 6.39. The third kappa shape index (κ3) is 4.33. The molecule has 0 unspecified atom stereocenters. The van der Waals surface area contributed by atoms with Crippen molar-refractivity contribution in [2.45, 2.75) is 79.5 Å². The molecule has 0 radical (unpaired) electrons. The van der Waals surface area contributed by atoms with Gasteiger partial charge in [0.1, 0.15) is 0 Å². The van der Waals surface area contributed by atoms with Crippen molar-refractivity contribution in [1.82, 2.24) is 9.55 Å². The molecule has 0 aliphatic heterocycles. The quantitative estimate of drug-likeness (QED) is 0.326. The summed E-state index contributed by atoms with van der Waals surface area (Å²) in [6, 6.07) is 6.85. The van der Waals surface area contributed by atoms with Gasteiger partial charge in [-0.2, -0.15) is 0 Å². The van der Waals surface area contributed by atoms with Crippen molar-refractivity contribution in [3.63, 3.8) is 0 Å². The summed E-state index contributed by atoms with van der Waals surface area (Å²) < 4.78 is 7.91. The van der Waals surface area contributed by atoms with Gasteiger partial charge in [0.15, 0.2) is 0 Å². The van der Waals surface area contributed by atoms with Crippen LogP contribution in [-0.2, 0) is 0 Å². The summed E-state index contributed by atoms with van der Waals surface area (Å²) in [5.41, 5.74) is 4.17. The number of unbranched alkanes of at least 4 members (excludes halogenated alkanes) is 3. The van der Waals surface area contributed by atoms with Crippen LogP contribution in [0, 0.1) is 18.3 Å². The summed E-state index contributed by atoms with van der Waals surface area (Å²) in [6.07, 6.45) is 14.0. The number of nitrogens with zero attached hydrogens (tertiary/aromatic N) is 3. The average Bonchev–Trinajstić information content (AvgIpc) is 3.00. The maximum atomic E-state index is 10.3. The summed E-state index contributed by atoms with van der Waals surface area (Å²) in [6.45, 7) is 8.96. The van der Waals surface area contributed by atoms with Crippen molar-refractivity contribution in [3.05, 3.63) is 41.6 Å². The van der Waals surface area contributed by atoms with Gasteiger partial charge in [0.25, 0.3) is 0 Å². The van der Waals surface area contributed by atoms with E-state index in [0.29, 0.717) is 0 Å². The van der Waals surface area contributed by atoms with Crippen molar-refractivity contribution in [3.8, 4) is 6.07 Å². The zero-order chi connectivity index (χ0) is 20.9. The van der Waals surface area contributed by atoms with Gasteiger partial charge < -0.3 is 0 Å². The van der Waals surface area contributed by atoms with Crippen molar-refractivity contribution in [2.24, 2.45) is 0 Å². The molecule has 0 atom stereocenters. The van der Waals surface area contributed by atoms with E-state index in [4.69, 9.17) is 4.98 Å². The molecule has 0 N–H and O–H groups in total. The Labute approximate surface area is 180 Å². The molecule has 0 aromatic carbocycles. The second-order valence-electron chi connectivity index (χ2n) is 8.54. The molecule has 3 nitrogen and oxygen atoms in total. The molecule has 1 aliphatic carbocycles. The number of nitriles is 1. The Morgan fingerprint density at radius 1 is 1.00 bits per heavy atom. The molecule has 154 valence electrons. The van der Waals surface area contributed by atoms with Crippen molar-refractivity contribution >= 4 is 38.8 Å². The first kappa shape index (κ1) is 22.2. The molecule has 0 saturated heterocycles. The molecule has 0 spiro atoms. The minimum absolute atomic E-state index is 0.938. The number of allylic oxidation sites excluding steroid dienone is 4. The van der Waals surface area contributed by atoms with Crippen LogP contribution in [0.15, 0.2) is 30.4 Å². The van der Waals surface area contributed by atoms with Crippen molar-refractivity contribution in [1.29, 1.82) is 5.26 Å². The van der Waals surface area contributed by atoms with Crippen LogP contribution in [0.3, 0.4) is 0 Å². The zero-order valence-corrected chi connectivity index (χ0v) is 21.4. The van der Waals surface area contributed by atoms with Crippen LogP contribution in [0.4, 0.5) is 0 Å². The van der Waals surface area contributed by atoms with Crippen LogP contribution in [0.2, 0.25) is 13.3 Å². The van der Waals surface area contributed by atoms with Crippen LogP contribution in [0.5, 0.6) is 0 Å². The second-order valence-corrected chi connectivity index (χ2v) is 21.5. The molecular formula is C25H35N3Sn. The fraction of sp³-hybridized carbons (Fsp3) is 0.520. The molecule has 1 aliphatic rings. The molecule has 4 heteroatoms. The van der Waals surface area contributed by atoms with E-state index in [1.807, 2.05) is 0 Å². The van der Waals surface area contributed by atoms with Gasteiger partial charge in [-0.3, -0.25) is 0 Å². The first-order valence-electron chi connectivity index (χ1n) is 11.4. The van der Waals surface area contributed by atoms with Crippen LogP contribution < -0.4 is 3.71 Å². The van der Waals surface area contributed by atoms with Gasteiger partial charge in [-0.25, -0.2) is 0 Å². The van der Waals surface area contributed by atoms with E-state index in [9.17, 15) is 5.26 Å². The van der Waals surface area contributed by atoms with Gasteiger partial charge in [0, 0.05) is 0 Å². The first-order chi connectivity index (χ1) is 14.1. The van der Waals surface area contributed by atoms with Gasteiger partial charge in [-0.15, -0.1) is 0 Å². The van der Waals surface area contributed by atoms with E-state index in [0.717, 1.165) is 22.3 Å². The maximum absolute atomic E-state index is 10.3. The monoisotopic (exact) mass is 497 g/mol. The summed E-state index contributed by atoms with van der Waals surface area (Å²) in [4.78, 5) is 4.93. The van der Waals surface area contributed by atoms with Crippen LogP contribution >= 0.6 is 0 Å². The summed E-state index contributed by atoms with van der Waals surface area (Å²) in [5.74, 6) is 0. The van der Waals surface area contributed by atoms with Gasteiger partial charge in [0.05, 0.1) is 0 Å². The number of aryl methyl sites for hydroxylation is 1. The number of fused-ring (bicyclic) bond motifs is 1. The van der Waals surface area contributed by atoms with Gasteiger partial charge in [-0.05, 0) is 0 Å². The Morgan fingerprint density at radius 2 is 1.59 bits per heavy atom. The Bertz CT molecular complexity index is 937. The van der Waals surface area contributed by atoms with Crippen LogP contribution in [0.25, 0.3) is 16.7 Å². The molecule has 0 saturated carbocycles. The van der Waals surface area contributed by atoms with Gasteiger partial charge in [0.2, 0.25) is 0 Å². The first-order valence-corrected chi connectivity index (χ1v) is 18.9. The minimum atomic E-state index is -2.84. The normalized spacial score (nSPS) is 13.4. The summed E-state index contributed by atoms with van der Waals surface area (Å²) >= 11 is -2.84. The molecule has 2 aromatic rings. The van der Waals surface area contributed by atoms with Crippen molar-refractivity contribution < 1.29 is 0 Å². The SMILES string of the molecule is CCC[CH2][Sn]([CH2]CCC)([CH2]CCC)[c]1c(C#N)c2ccc(C)nc2n1C1=CC=C1. The van der Waals surface area contributed by atoms with E-state index in [-0.39, 0.29) is 0 Å². The fourth-order valence-corrected chi connectivity index (χ4v) is 21.8. The van der Waals surface area contributed by atoms with Gasteiger partial charge >= 0.3 is 181 Å². The number of rotatable bonds is 11. The number of hydrogen-bond donors (Lipinski definition) is 0. The fourth-order valence-electron chi connectivity index (χ4n) is 4.73. The Kier molecular flexibility index (Phi) is 7.62. The molecule has 0 amide bonds. The molecule has 0 bridgehead atoms. The molecule has 29 heavy (non-hydrogen) atoms. The molecule has 2 aromatic heterocycles. The van der Waals surface area contributed by atoms with E-state index in [1.54, 1.807) is 0 Å². The average molecular weight is 496 g/mol. The van der Waals surface area contributed by atoms with E-state index >= 15 is 0 Å². The standard InChI is InChI=1S/C13H8N3.3C4H9.Sn/c1-9-5-6-12-10(7-14)8-16(13(12)15-9)11-3-2-4-11;3*1-3-4-2;/h2-6H,1H3;3*1,3-4H2,2H3;. The predicted octanol–water partition coefficient (Wildman–Crippen LogP) is 6.68. The number of aromatic nitrogens is 2. The van der Waals surface area contributed by atoms with Crippen LogP contribution in [0.1, 0.15) is 70.6 Å². The predicted molar refractivity (Wildman–Crippen MR) is 127 cm³/mol. The number of pyridine rings is 1. The van der Waals surface area contributed by atoms with Gasteiger partial charge in [-0.1, -0.05) is 0 Å². The van der Waals surface area contributed by atoms with E-state index in [2.05, 4.69) is 68.7 Å². The molecule has 3 rings (SSSR count). The molecule has 0 fully saturated rings. The molecule has 2 heterocycles. The van der Waals surface area contributed by atoms with Crippen molar-refractivity contribution in [2.75, 3.05) is 0 Å². The Hall–Kier alpha value is -1.54. The zero-order valence-electron chi connectivity index (χ0n) is 18.6. The number of hydrogen-bond acceptors (Lipinski definition) is 2. The summed E-state index contributed by atoms with van der Waals surface area (Å²) in [5, 5.41) is 11.4. The Morgan fingerprint density at radius 3 is 2.03 bits per heavy atom.